The fourth-order valence-corrected chi connectivity index (χ4v) is 10.7. The fraction of sp³-hybridized carbons (Fsp3) is 0.806. The van der Waals surface area contributed by atoms with E-state index >= 15 is 0 Å². The zero-order chi connectivity index (χ0) is 27.4. The van der Waals surface area contributed by atoms with Crippen LogP contribution in [-0.4, -0.2) is 33.2 Å². The summed E-state index contributed by atoms with van der Waals surface area (Å²) in [6, 6.07) is 0. The molecular weight excluding hydrogens is 464 g/mol. The minimum absolute atomic E-state index is 0.00971. The number of allylic oxidation sites excluding steroid dienone is 2. The molecule has 5 rings (SSSR count). The SMILES string of the molecule is CC1(C)CCC2(N(C#N)C(=O)O)CCC3(C)C(C(=O)CC4C5(C)C=CC(=O)C(C)(C)C5CCC43C)C2C1. The number of ketones is 2. The van der Waals surface area contributed by atoms with Crippen LogP contribution in [0.3, 0.4) is 0 Å². The van der Waals surface area contributed by atoms with Crippen LogP contribution in [0.4, 0.5) is 4.79 Å². The Labute approximate surface area is 221 Å². The molecule has 4 fully saturated rings. The molecule has 8 atom stereocenters. The van der Waals surface area contributed by atoms with Crippen molar-refractivity contribution < 1.29 is 19.5 Å². The highest BCUT2D eigenvalue weighted by atomic mass is 16.4. The number of carbonyl (C=O) groups excluding carboxylic acids is 2. The molecule has 0 aromatic heterocycles. The average molecular weight is 509 g/mol. The third kappa shape index (κ3) is 3.18. The average Bonchev–Trinajstić information content (AvgIpc) is 2.79. The number of fused-ring (bicyclic) bond motifs is 7. The summed E-state index contributed by atoms with van der Waals surface area (Å²) in [6.07, 6.45) is 10.7. The van der Waals surface area contributed by atoms with Gasteiger partial charge in [-0.05, 0) is 90.4 Å². The molecule has 0 saturated heterocycles. The molecule has 0 aromatic rings. The van der Waals surface area contributed by atoms with Gasteiger partial charge in [-0.15, -0.1) is 0 Å². The summed E-state index contributed by atoms with van der Waals surface area (Å²) < 4.78 is 0. The largest absolute Gasteiger partial charge is 0.464 e. The molecule has 0 radical (unpaired) electrons. The first kappa shape index (κ1) is 26.4. The second kappa shape index (κ2) is 7.70. The summed E-state index contributed by atoms with van der Waals surface area (Å²) in [5.74, 6) is 0.320. The van der Waals surface area contributed by atoms with Crippen molar-refractivity contribution in [1.29, 1.82) is 5.26 Å². The van der Waals surface area contributed by atoms with Gasteiger partial charge >= 0.3 is 6.09 Å². The number of Topliss-reactive ketones (excluding diaryl/α,β-unsaturated/α-hetero) is 1. The molecule has 1 N–H and O–H groups in total. The lowest BCUT2D eigenvalue weighted by molar-refractivity contribution is -0.220. The predicted octanol–water partition coefficient (Wildman–Crippen LogP) is 6.61. The summed E-state index contributed by atoms with van der Waals surface area (Å²) >= 11 is 0. The summed E-state index contributed by atoms with van der Waals surface area (Å²) in [4.78, 5) is 40.6. The third-order valence-corrected chi connectivity index (χ3v) is 13.0. The van der Waals surface area contributed by atoms with E-state index in [-0.39, 0.29) is 56.9 Å². The van der Waals surface area contributed by atoms with E-state index in [9.17, 15) is 24.8 Å². The normalized spacial score (nSPS) is 47.5. The summed E-state index contributed by atoms with van der Waals surface area (Å²) in [7, 11) is 0. The molecule has 5 aliphatic carbocycles. The van der Waals surface area contributed by atoms with E-state index in [4.69, 9.17) is 0 Å². The topological polar surface area (TPSA) is 98.5 Å². The number of amides is 1. The lowest BCUT2D eigenvalue weighted by Gasteiger charge is -2.72. The van der Waals surface area contributed by atoms with Crippen LogP contribution in [-0.2, 0) is 9.59 Å². The molecule has 0 spiro atoms. The number of hydrogen-bond acceptors (Lipinski definition) is 4. The molecule has 5 aliphatic rings. The molecule has 202 valence electrons. The second-order valence-electron chi connectivity index (χ2n) is 15.2. The van der Waals surface area contributed by atoms with Gasteiger partial charge in [-0.25, -0.2) is 9.69 Å². The van der Waals surface area contributed by atoms with E-state index < -0.39 is 17.0 Å². The maximum Gasteiger partial charge on any atom is 0.421 e. The van der Waals surface area contributed by atoms with Gasteiger partial charge in [0.1, 0.15) is 5.78 Å². The zero-order valence-corrected chi connectivity index (χ0v) is 23.7. The van der Waals surface area contributed by atoms with E-state index in [0.29, 0.717) is 19.3 Å². The molecule has 4 saturated carbocycles. The van der Waals surface area contributed by atoms with Crippen molar-refractivity contribution in [2.75, 3.05) is 0 Å². The van der Waals surface area contributed by atoms with Crippen LogP contribution in [0.15, 0.2) is 12.2 Å². The number of carbonyl (C=O) groups is 3. The highest BCUT2D eigenvalue weighted by molar-refractivity contribution is 5.96. The quantitative estimate of drug-likeness (QED) is 0.318. The first-order valence-corrected chi connectivity index (χ1v) is 14.2. The molecule has 0 heterocycles. The van der Waals surface area contributed by atoms with E-state index in [0.717, 1.165) is 37.0 Å². The molecule has 8 unspecified atom stereocenters. The first-order valence-electron chi connectivity index (χ1n) is 14.2. The fourth-order valence-electron chi connectivity index (χ4n) is 10.7. The molecule has 6 nitrogen and oxygen atoms in total. The lowest BCUT2D eigenvalue weighted by atomic mass is 9.32. The Kier molecular flexibility index (Phi) is 5.50. The number of hydrogen-bond donors (Lipinski definition) is 1. The Morgan fingerprint density at radius 1 is 0.973 bits per heavy atom. The van der Waals surface area contributed by atoms with E-state index in [1.54, 1.807) is 6.08 Å². The van der Waals surface area contributed by atoms with Crippen molar-refractivity contribution in [2.24, 2.45) is 50.7 Å². The Hall–Kier alpha value is -2.16. The van der Waals surface area contributed by atoms with Crippen molar-refractivity contribution in [1.82, 2.24) is 4.90 Å². The van der Waals surface area contributed by atoms with E-state index in [2.05, 4.69) is 54.5 Å². The van der Waals surface area contributed by atoms with Gasteiger partial charge in [0.05, 0.1) is 5.54 Å². The third-order valence-electron chi connectivity index (χ3n) is 13.0. The van der Waals surface area contributed by atoms with Crippen LogP contribution >= 0.6 is 0 Å². The Morgan fingerprint density at radius 2 is 1.62 bits per heavy atom. The van der Waals surface area contributed by atoms with Crippen LogP contribution in [0.2, 0.25) is 0 Å². The van der Waals surface area contributed by atoms with Crippen LogP contribution < -0.4 is 0 Å². The van der Waals surface area contributed by atoms with Gasteiger partial charge in [-0.3, -0.25) is 9.59 Å². The van der Waals surface area contributed by atoms with Gasteiger partial charge in [0.15, 0.2) is 12.0 Å². The molecule has 6 heteroatoms. The van der Waals surface area contributed by atoms with Gasteiger partial charge in [0.2, 0.25) is 0 Å². The summed E-state index contributed by atoms with van der Waals surface area (Å²) in [5.41, 5.74) is -1.92. The van der Waals surface area contributed by atoms with Crippen LogP contribution in [0, 0.1) is 62.2 Å². The van der Waals surface area contributed by atoms with Crippen LogP contribution in [0.5, 0.6) is 0 Å². The minimum atomic E-state index is -1.20. The summed E-state index contributed by atoms with van der Waals surface area (Å²) in [6.45, 7) is 15.5. The van der Waals surface area contributed by atoms with Crippen molar-refractivity contribution >= 4 is 17.7 Å². The molecular formula is C31H44N2O4. The van der Waals surface area contributed by atoms with Gasteiger partial charge in [0.25, 0.3) is 0 Å². The maximum atomic E-state index is 14.4. The van der Waals surface area contributed by atoms with E-state index in [1.165, 1.54) is 0 Å². The highest BCUT2D eigenvalue weighted by Gasteiger charge is 2.72. The molecule has 0 aromatic carbocycles. The smallest absolute Gasteiger partial charge is 0.421 e. The lowest BCUT2D eigenvalue weighted by Crippen LogP contribution is -2.71. The van der Waals surface area contributed by atoms with Gasteiger partial charge in [-0.2, -0.15) is 5.26 Å². The first-order chi connectivity index (χ1) is 17.0. The Bertz CT molecular complexity index is 1130. The molecule has 0 bridgehead atoms. The Morgan fingerprint density at radius 3 is 2.24 bits per heavy atom. The van der Waals surface area contributed by atoms with Crippen LogP contribution in [0.1, 0.15) is 99.8 Å². The van der Waals surface area contributed by atoms with Gasteiger partial charge in [-0.1, -0.05) is 54.5 Å². The van der Waals surface area contributed by atoms with E-state index in [1.807, 2.05) is 6.19 Å². The second-order valence-corrected chi connectivity index (χ2v) is 15.2. The van der Waals surface area contributed by atoms with Gasteiger partial charge < -0.3 is 5.11 Å². The summed E-state index contributed by atoms with van der Waals surface area (Å²) in [5, 5.41) is 20.1. The van der Waals surface area contributed by atoms with Gasteiger partial charge in [0, 0.05) is 17.8 Å². The molecule has 1 amide bonds. The zero-order valence-electron chi connectivity index (χ0n) is 23.7. The van der Waals surface area contributed by atoms with Crippen molar-refractivity contribution in [3.63, 3.8) is 0 Å². The minimum Gasteiger partial charge on any atom is -0.464 e. The van der Waals surface area contributed by atoms with Crippen LogP contribution in [0.25, 0.3) is 0 Å². The number of nitriles is 1. The molecule has 0 aliphatic heterocycles. The molecule has 37 heavy (non-hydrogen) atoms. The van der Waals surface area contributed by atoms with Crippen molar-refractivity contribution in [3.8, 4) is 6.19 Å². The number of nitrogens with zero attached hydrogens (tertiary/aromatic N) is 2. The van der Waals surface area contributed by atoms with Crippen molar-refractivity contribution in [3.05, 3.63) is 12.2 Å². The highest BCUT2D eigenvalue weighted by Crippen LogP contribution is 2.74. The number of rotatable bonds is 1. The Balaban J connectivity index is 1.63. The monoisotopic (exact) mass is 508 g/mol. The van der Waals surface area contributed by atoms with Crippen molar-refractivity contribution in [2.45, 2.75) is 105 Å². The maximum absolute atomic E-state index is 14.4. The predicted molar refractivity (Wildman–Crippen MR) is 140 cm³/mol. The standard InChI is InChI=1S/C31H44N2O4/c1-26(2)12-14-31(33(18-32)25(36)37)15-13-30(7)24(19(31)17-26)20(34)16-22-28(5)10-9-23(35)27(3,4)21(28)8-11-29(22,30)6/h9-10,19,21-22,24H,8,11-17H2,1-7H3,(H,36,37). The number of carboxylic acid groups (broad SMARTS) is 1.